The topological polar surface area (TPSA) is 48.5 Å². The summed E-state index contributed by atoms with van der Waals surface area (Å²) in [6, 6.07) is 14.0. The molecule has 1 N–H and O–H groups in total. The van der Waals surface area contributed by atoms with E-state index < -0.39 is 0 Å². The van der Waals surface area contributed by atoms with E-state index in [-0.39, 0.29) is 11.9 Å². The Bertz CT molecular complexity index is 741. The fourth-order valence-electron chi connectivity index (χ4n) is 3.54. The van der Waals surface area contributed by atoms with E-state index in [0.29, 0.717) is 5.92 Å². The van der Waals surface area contributed by atoms with Crippen LogP contribution in [0.1, 0.15) is 38.7 Å². The van der Waals surface area contributed by atoms with Gasteiger partial charge in [0.05, 0.1) is 6.04 Å². The van der Waals surface area contributed by atoms with Gasteiger partial charge in [0.1, 0.15) is 5.82 Å². The molecule has 1 amide bonds. The zero-order valence-electron chi connectivity index (χ0n) is 16.6. The zero-order chi connectivity index (χ0) is 19.2. The Morgan fingerprint density at radius 2 is 1.78 bits per heavy atom. The van der Waals surface area contributed by atoms with Crippen LogP contribution in [0.3, 0.4) is 0 Å². The minimum atomic E-state index is -0.152. The largest absolute Gasteiger partial charge is 0.354 e. The minimum Gasteiger partial charge on any atom is -0.354 e. The predicted molar refractivity (Wildman–Crippen MR) is 111 cm³/mol. The van der Waals surface area contributed by atoms with E-state index in [0.717, 1.165) is 44.1 Å². The van der Waals surface area contributed by atoms with Gasteiger partial charge in [-0.1, -0.05) is 38.1 Å². The SMILES string of the molecule is CC[C@@H](C)c1ccccc1NC(=O)[C@H](C)N1CCN(c2ccccn2)CC1. The molecule has 27 heavy (non-hydrogen) atoms. The third-order valence-electron chi connectivity index (χ3n) is 5.58. The summed E-state index contributed by atoms with van der Waals surface area (Å²) in [6.45, 7) is 9.86. The first-order chi connectivity index (χ1) is 13.1. The van der Waals surface area contributed by atoms with Gasteiger partial charge < -0.3 is 10.2 Å². The average Bonchev–Trinajstić information content (AvgIpc) is 2.73. The van der Waals surface area contributed by atoms with Gasteiger partial charge >= 0.3 is 0 Å². The van der Waals surface area contributed by atoms with Gasteiger partial charge in [-0.3, -0.25) is 9.69 Å². The number of hydrogen-bond acceptors (Lipinski definition) is 4. The first-order valence-electron chi connectivity index (χ1n) is 9.90. The smallest absolute Gasteiger partial charge is 0.241 e. The predicted octanol–water partition coefficient (Wildman–Crippen LogP) is 3.74. The molecule has 0 unspecified atom stereocenters. The van der Waals surface area contributed by atoms with Crippen molar-refractivity contribution < 1.29 is 4.79 Å². The minimum absolute atomic E-state index is 0.0667. The molecular weight excluding hydrogens is 336 g/mol. The zero-order valence-corrected chi connectivity index (χ0v) is 16.6. The Hall–Kier alpha value is -2.40. The number of anilines is 2. The van der Waals surface area contributed by atoms with Crippen LogP contribution in [-0.2, 0) is 4.79 Å². The molecule has 2 atom stereocenters. The number of piperazine rings is 1. The van der Waals surface area contributed by atoms with Crippen LogP contribution in [0.2, 0.25) is 0 Å². The van der Waals surface area contributed by atoms with Crippen LogP contribution in [0.4, 0.5) is 11.5 Å². The van der Waals surface area contributed by atoms with Crippen molar-refractivity contribution >= 4 is 17.4 Å². The maximum atomic E-state index is 12.8. The number of para-hydroxylation sites is 1. The van der Waals surface area contributed by atoms with E-state index in [1.54, 1.807) is 0 Å². The second kappa shape index (κ2) is 9.00. The van der Waals surface area contributed by atoms with E-state index in [2.05, 4.69) is 40.0 Å². The average molecular weight is 367 g/mol. The number of rotatable bonds is 6. The Morgan fingerprint density at radius 3 is 2.44 bits per heavy atom. The molecule has 0 radical (unpaired) electrons. The van der Waals surface area contributed by atoms with E-state index in [1.165, 1.54) is 5.56 Å². The van der Waals surface area contributed by atoms with Gasteiger partial charge in [0, 0.05) is 38.1 Å². The molecule has 0 bridgehead atoms. The lowest BCUT2D eigenvalue weighted by atomic mass is 9.97. The van der Waals surface area contributed by atoms with Crippen LogP contribution in [-0.4, -0.2) is 48.0 Å². The molecule has 5 nitrogen and oxygen atoms in total. The van der Waals surface area contributed by atoms with Crippen molar-refractivity contribution in [2.75, 3.05) is 36.4 Å². The number of amides is 1. The quantitative estimate of drug-likeness (QED) is 0.846. The van der Waals surface area contributed by atoms with E-state index >= 15 is 0 Å². The summed E-state index contributed by atoms with van der Waals surface area (Å²) >= 11 is 0. The Balaban J connectivity index is 1.59. The Morgan fingerprint density at radius 1 is 1.07 bits per heavy atom. The van der Waals surface area contributed by atoms with E-state index in [1.807, 2.05) is 49.5 Å². The van der Waals surface area contributed by atoms with Gasteiger partial charge in [-0.2, -0.15) is 0 Å². The highest BCUT2D eigenvalue weighted by atomic mass is 16.2. The van der Waals surface area contributed by atoms with Crippen molar-refractivity contribution in [1.82, 2.24) is 9.88 Å². The monoisotopic (exact) mass is 366 g/mol. The van der Waals surface area contributed by atoms with Crippen LogP contribution < -0.4 is 10.2 Å². The van der Waals surface area contributed by atoms with Crippen molar-refractivity contribution in [2.24, 2.45) is 0 Å². The van der Waals surface area contributed by atoms with E-state index in [9.17, 15) is 4.79 Å². The molecule has 1 aliphatic heterocycles. The van der Waals surface area contributed by atoms with Crippen molar-refractivity contribution in [3.05, 3.63) is 54.2 Å². The fraction of sp³-hybridized carbons (Fsp3) is 0.455. The van der Waals surface area contributed by atoms with Crippen LogP contribution >= 0.6 is 0 Å². The van der Waals surface area contributed by atoms with Crippen LogP contribution in [0.5, 0.6) is 0 Å². The number of benzene rings is 1. The molecule has 1 aliphatic rings. The second-order valence-corrected chi connectivity index (χ2v) is 7.27. The normalized spacial score (nSPS) is 17.4. The number of hydrogen-bond donors (Lipinski definition) is 1. The summed E-state index contributed by atoms with van der Waals surface area (Å²) in [4.78, 5) is 21.8. The molecule has 1 fully saturated rings. The van der Waals surface area contributed by atoms with Gasteiger partial charge in [0.2, 0.25) is 5.91 Å². The summed E-state index contributed by atoms with van der Waals surface area (Å²) in [5.74, 6) is 1.51. The highest BCUT2D eigenvalue weighted by molar-refractivity contribution is 5.95. The first kappa shape index (κ1) is 19.4. The third-order valence-corrected chi connectivity index (χ3v) is 5.58. The summed E-state index contributed by atoms with van der Waals surface area (Å²) in [5.41, 5.74) is 2.15. The van der Waals surface area contributed by atoms with Crippen LogP contribution in [0.25, 0.3) is 0 Å². The molecule has 3 rings (SSSR count). The molecule has 2 aromatic rings. The second-order valence-electron chi connectivity index (χ2n) is 7.27. The Kier molecular flexibility index (Phi) is 6.45. The number of carbonyl (C=O) groups is 1. The van der Waals surface area contributed by atoms with Gasteiger partial charge in [-0.25, -0.2) is 4.98 Å². The molecule has 1 aromatic carbocycles. The molecule has 0 spiro atoms. The number of carbonyl (C=O) groups excluding carboxylic acids is 1. The number of nitrogens with zero attached hydrogens (tertiary/aromatic N) is 3. The highest BCUT2D eigenvalue weighted by Crippen LogP contribution is 2.27. The summed E-state index contributed by atoms with van der Waals surface area (Å²) in [5, 5.41) is 3.16. The van der Waals surface area contributed by atoms with Gasteiger partial charge in [0.25, 0.3) is 0 Å². The molecular formula is C22H30N4O. The molecule has 0 aliphatic carbocycles. The van der Waals surface area contributed by atoms with Crippen molar-refractivity contribution in [3.63, 3.8) is 0 Å². The number of pyridine rings is 1. The molecule has 2 heterocycles. The Labute approximate surface area is 162 Å². The molecule has 5 heteroatoms. The lowest BCUT2D eigenvalue weighted by Gasteiger charge is -2.38. The molecule has 1 aromatic heterocycles. The summed E-state index contributed by atoms with van der Waals surface area (Å²) < 4.78 is 0. The summed E-state index contributed by atoms with van der Waals surface area (Å²) in [6.07, 6.45) is 2.88. The van der Waals surface area contributed by atoms with Crippen LogP contribution in [0.15, 0.2) is 48.7 Å². The summed E-state index contributed by atoms with van der Waals surface area (Å²) in [7, 11) is 0. The van der Waals surface area contributed by atoms with Crippen molar-refractivity contribution in [1.29, 1.82) is 0 Å². The third kappa shape index (κ3) is 4.66. The standard InChI is InChI=1S/C22H30N4O/c1-4-17(2)19-9-5-6-10-20(19)24-22(27)18(3)25-13-15-26(16-14-25)21-11-7-8-12-23-21/h5-12,17-18H,4,13-16H2,1-3H3,(H,24,27)/t17-,18+/m1/s1. The van der Waals surface area contributed by atoms with Crippen molar-refractivity contribution in [2.45, 2.75) is 39.2 Å². The molecule has 0 saturated carbocycles. The van der Waals surface area contributed by atoms with Crippen LogP contribution in [0, 0.1) is 0 Å². The lowest BCUT2D eigenvalue weighted by Crippen LogP contribution is -2.53. The maximum Gasteiger partial charge on any atom is 0.241 e. The first-order valence-corrected chi connectivity index (χ1v) is 9.90. The molecule has 1 saturated heterocycles. The number of aromatic nitrogens is 1. The lowest BCUT2D eigenvalue weighted by molar-refractivity contribution is -0.120. The van der Waals surface area contributed by atoms with Gasteiger partial charge in [0.15, 0.2) is 0 Å². The highest BCUT2D eigenvalue weighted by Gasteiger charge is 2.26. The van der Waals surface area contributed by atoms with Crippen molar-refractivity contribution in [3.8, 4) is 0 Å². The fourth-order valence-corrected chi connectivity index (χ4v) is 3.54. The molecule has 144 valence electrons. The van der Waals surface area contributed by atoms with Gasteiger partial charge in [-0.15, -0.1) is 0 Å². The van der Waals surface area contributed by atoms with E-state index in [4.69, 9.17) is 0 Å². The number of nitrogens with one attached hydrogen (secondary N) is 1. The van der Waals surface area contributed by atoms with Gasteiger partial charge in [-0.05, 0) is 43.0 Å². The maximum absolute atomic E-state index is 12.8.